The molecule has 3 rings (SSSR count). The van der Waals surface area contributed by atoms with Gasteiger partial charge in [0.05, 0.1) is 13.2 Å². The number of nitrogens with zero attached hydrogens (tertiary/aromatic N) is 4. The van der Waals surface area contributed by atoms with Gasteiger partial charge >= 0.3 is 0 Å². The molecule has 0 spiro atoms. The SMILES string of the molecule is c1ccc(-c2nnc(NCCCN3CCOCC3)s2)nc1. The van der Waals surface area contributed by atoms with E-state index < -0.39 is 0 Å². The summed E-state index contributed by atoms with van der Waals surface area (Å²) >= 11 is 1.54. The highest BCUT2D eigenvalue weighted by atomic mass is 32.1. The van der Waals surface area contributed by atoms with E-state index in [1.54, 1.807) is 17.5 Å². The van der Waals surface area contributed by atoms with Gasteiger partial charge in [-0.05, 0) is 25.1 Å². The van der Waals surface area contributed by atoms with Crippen molar-refractivity contribution in [1.82, 2.24) is 20.1 Å². The summed E-state index contributed by atoms with van der Waals surface area (Å²) in [5, 5.41) is 13.4. The second-order valence-corrected chi connectivity index (χ2v) is 5.84. The Balaban J connectivity index is 1.42. The van der Waals surface area contributed by atoms with E-state index in [4.69, 9.17) is 4.74 Å². The van der Waals surface area contributed by atoms with Gasteiger partial charge < -0.3 is 10.1 Å². The Kier molecular flexibility index (Phi) is 5.09. The molecule has 1 fully saturated rings. The molecule has 7 heteroatoms. The molecule has 21 heavy (non-hydrogen) atoms. The molecular formula is C14H19N5OS. The minimum atomic E-state index is 0.853. The lowest BCUT2D eigenvalue weighted by Gasteiger charge is -2.26. The zero-order valence-corrected chi connectivity index (χ0v) is 12.7. The fraction of sp³-hybridized carbons (Fsp3) is 0.500. The van der Waals surface area contributed by atoms with Gasteiger partial charge in [-0.25, -0.2) is 0 Å². The fourth-order valence-corrected chi connectivity index (χ4v) is 2.96. The third kappa shape index (κ3) is 4.20. The number of nitrogens with one attached hydrogen (secondary N) is 1. The standard InChI is InChI=1S/C14H19N5OS/c1-2-5-15-12(4-1)13-17-18-14(21-13)16-6-3-7-19-8-10-20-11-9-19/h1-2,4-5H,3,6-11H2,(H,16,18). The monoisotopic (exact) mass is 305 g/mol. The summed E-state index contributed by atoms with van der Waals surface area (Å²) in [7, 11) is 0. The van der Waals surface area contributed by atoms with Gasteiger partial charge in [-0.1, -0.05) is 17.4 Å². The quantitative estimate of drug-likeness (QED) is 0.820. The van der Waals surface area contributed by atoms with Gasteiger partial charge in [0, 0.05) is 25.8 Å². The Morgan fingerprint density at radius 1 is 1.24 bits per heavy atom. The Bertz CT molecular complexity index is 541. The van der Waals surface area contributed by atoms with E-state index in [1.165, 1.54) is 0 Å². The second-order valence-electron chi connectivity index (χ2n) is 4.86. The van der Waals surface area contributed by atoms with E-state index in [2.05, 4.69) is 25.4 Å². The van der Waals surface area contributed by atoms with Crippen LogP contribution in [0.15, 0.2) is 24.4 Å². The molecule has 1 aliphatic heterocycles. The lowest BCUT2D eigenvalue weighted by molar-refractivity contribution is 0.0378. The van der Waals surface area contributed by atoms with Crippen LogP contribution in [0.25, 0.3) is 10.7 Å². The topological polar surface area (TPSA) is 63.2 Å². The maximum atomic E-state index is 5.34. The van der Waals surface area contributed by atoms with Crippen LogP contribution >= 0.6 is 11.3 Å². The van der Waals surface area contributed by atoms with Crippen molar-refractivity contribution < 1.29 is 4.74 Å². The first kappa shape index (κ1) is 14.4. The predicted molar refractivity (Wildman–Crippen MR) is 83.5 cm³/mol. The number of aromatic nitrogens is 3. The summed E-state index contributed by atoms with van der Waals surface area (Å²) in [5.74, 6) is 0. The number of ether oxygens (including phenoxy) is 1. The van der Waals surface area contributed by atoms with Crippen LogP contribution in [-0.4, -0.2) is 59.5 Å². The van der Waals surface area contributed by atoms with Crippen molar-refractivity contribution in [3.63, 3.8) is 0 Å². The molecular weight excluding hydrogens is 286 g/mol. The average Bonchev–Trinajstić information content (AvgIpc) is 3.02. The number of morpholine rings is 1. The molecule has 2 aromatic heterocycles. The molecule has 0 aliphatic carbocycles. The van der Waals surface area contributed by atoms with Crippen LogP contribution in [0, 0.1) is 0 Å². The van der Waals surface area contributed by atoms with Gasteiger partial charge in [-0.2, -0.15) is 0 Å². The molecule has 0 aromatic carbocycles. The molecule has 0 atom stereocenters. The van der Waals surface area contributed by atoms with Crippen molar-refractivity contribution in [3.05, 3.63) is 24.4 Å². The van der Waals surface area contributed by atoms with Crippen molar-refractivity contribution in [2.24, 2.45) is 0 Å². The molecule has 3 heterocycles. The van der Waals surface area contributed by atoms with Crippen molar-refractivity contribution in [2.75, 3.05) is 44.7 Å². The van der Waals surface area contributed by atoms with Crippen molar-refractivity contribution in [1.29, 1.82) is 0 Å². The Labute approximate surface area is 128 Å². The van der Waals surface area contributed by atoms with Gasteiger partial charge in [-0.15, -0.1) is 10.2 Å². The normalized spacial score (nSPS) is 16.0. The third-order valence-electron chi connectivity index (χ3n) is 3.34. The van der Waals surface area contributed by atoms with E-state index in [9.17, 15) is 0 Å². The van der Waals surface area contributed by atoms with Crippen LogP contribution in [0.4, 0.5) is 5.13 Å². The van der Waals surface area contributed by atoms with Crippen molar-refractivity contribution in [2.45, 2.75) is 6.42 Å². The minimum Gasteiger partial charge on any atom is -0.379 e. The molecule has 1 N–H and O–H groups in total. The van der Waals surface area contributed by atoms with E-state index in [-0.39, 0.29) is 0 Å². The van der Waals surface area contributed by atoms with Gasteiger partial charge in [0.15, 0.2) is 5.01 Å². The summed E-state index contributed by atoms with van der Waals surface area (Å²) in [6.07, 6.45) is 2.87. The summed E-state index contributed by atoms with van der Waals surface area (Å²) in [6.45, 7) is 5.82. The first-order valence-corrected chi connectivity index (χ1v) is 8.02. The van der Waals surface area contributed by atoms with Gasteiger partial charge in [-0.3, -0.25) is 9.88 Å². The number of hydrogen-bond acceptors (Lipinski definition) is 7. The van der Waals surface area contributed by atoms with Crippen LogP contribution in [0.1, 0.15) is 6.42 Å². The van der Waals surface area contributed by atoms with Gasteiger partial charge in [0.2, 0.25) is 5.13 Å². The molecule has 1 saturated heterocycles. The minimum absolute atomic E-state index is 0.853. The summed E-state index contributed by atoms with van der Waals surface area (Å²) < 4.78 is 5.34. The Morgan fingerprint density at radius 3 is 2.95 bits per heavy atom. The van der Waals surface area contributed by atoms with E-state index in [0.29, 0.717) is 0 Å². The van der Waals surface area contributed by atoms with E-state index in [1.807, 2.05) is 18.2 Å². The predicted octanol–water partition coefficient (Wildman–Crippen LogP) is 1.73. The van der Waals surface area contributed by atoms with Crippen molar-refractivity contribution in [3.8, 4) is 10.7 Å². The lowest BCUT2D eigenvalue weighted by atomic mass is 10.3. The van der Waals surface area contributed by atoms with Crippen LogP contribution < -0.4 is 5.32 Å². The molecule has 0 bridgehead atoms. The Hall–Kier alpha value is -1.57. The van der Waals surface area contributed by atoms with Gasteiger partial charge in [0.1, 0.15) is 5.69 Å². The zero-order valence-electron chi connectivity index (χ0n) is 11.9. The third-order valence-corrected chi connectivity index (χ3v) is 4.24. The molecule has 0 radical (unpaired) electrons. The first-order chi connectivity index (χ1) is 10.4. The van der Waals surface area contributed by atoms with Crippen LogP contribution in [0.5, 0.6) is 0 Å². The summed E-state index contributed by atoms with van der Waals surface area (Å²) in [6, 6.07) is 5.80. The highest BCUT2D eigenvalue weighted by molar-refractivity contribution is 7.18. The number of hydrogen-bond donors (Lipinski definition) is 1. The van der Waals surface area contributed by atoms with E-state index in [0.717, 1.165) is 61.6 Å². The molecule has 0 saturated carbocycles. The summed E-state index contributed by atoms with van der Waals surface area (Å²) in [4.78, 5) is 6.72. The largest absolute Gasteiger partial charge is 0.379 e. The Morgan fingerprint density at radius 2 is 2.14 bits per heavy atom. The van der Waals surface area contributed by atoms with Crippen molar-refractivity contribution >= 4 is 16.5 Å². The van der Waals surface area contributed by atoms with Crippen LogP contribution in [-0.2, 0) is 4.74 Å². The van der Waals surface area contributed by atoms with E-state index >= 15 is 0 Å². The highest BCUT2D eigenvalue weighted by Crippen LogP contribution is 2.24. The maximum Gasteiger partial charge on any atom is 0.206 e. The second kappa shape index (κ2) is 7.44. The zero-order chi connectivity index (χ0) is 14.3. The summed E-state index contributed by atoms with van der Waals surface area (Å²) in [5.41, 5.74) is 0.872. The molecule has 0 unspecified atom stereocenters. The lowest BCUT2D eigenvalue weighted by Crippen LogP contribution is -2.37. The number of rotatable bonds is 6. The smallest absolute Gasteiger partial charge is 0.206 e. The maximum absolute atomic E-state index is 5.34. The van der Waals surface area contributed by atoms with Crippen LogP contribution in [0.3, 0.4) is 0 Å². The molecule has 1 aliphatic rings. The molecule has 0 amide bonds. The average molecular weight is 305 g/mol. The molecule has 112 valence electrons. The molecule has 6 nitrogen and oxygen atoms in total. The number of anilines is 1. The fourth-order valence-electron chi connectivity index (χ4n) is 2.21. The first-order valence-electron chi connectivity index (χ1n) is 7.21. The van der Waals surface area contributed by atoms with Gasteiger partial charge in [0.25, 0.3) is 0 Å². The molecule has 2 aromatic rings. The number of pyridine rings is 1. The van der Waals surface area contributed by atoms with Crippen LogP contribution in [0.2, 0.25) is 0 Å². The highest BCUT2D eigenvalue weighted by Gasteiger charge is 2.10.